The van der Waals surface area contributed by atoms with Crippen molar-refractivity contribution in [3.8, 4) is 0 Å². The maximum absolute atomic E-state index is 6.14. The Kier molecular flexibility index (Phi) is 2.70. The molecule has 70 valence electrons. The zero-order valence-corrected chi connectivity index (χ0v) is 10.3. The molecule has 2 rings (SSSR count). The van der Waals surface area contributed by atoms with Gasteiger partial charge in [-0.3, -0.25) is 0 Å². The molecule has 0 atom stereocenters. The fourth-order valence-corrected chi connectivity index (χ4v) is 2.61. The summed E-state index contributed by atoms with van der Waals surface area (Å²) in [4.78, 5) is 2.32. The van der Waals surface area contributed by atoms with Gasteiger partial charge in [0.05, 0.1) is 10.7 Å². The Morgan fingerprint density at radius 2 is 2.15 bits per heavy atom. The molecule has 1 aromatic carbocycles. The normalized spacial score (nSPS) is 17.3. The van der Waals surface area contributed by atoms with Gasteiger partial charge in [0.1, 0.15) is 0 Å². The molecule has 0 aliphatic carbocycles. The number of halogens is 2. The number of benzene rings is 1. The van der Waals surface area contributed by atoms with Crippen molar-refractivity contribution in [3.63, 3.8) is 0 Å². The third-order valence-corrected chi connectivity index (χ3v) is 3.29. The van der Waals surface area contributed by atoms with Crippen molar-refractivity contribution in [3.05, 3.63) is 26.8 Å². The molecule has 0 radical (unpaired) electrons. The van der Waals surface area contributed by atoms with E-state index in [1.807, 2.05) is 6.07 Å². The van der Waals surface area contributed by atoms with E-state index < -0.39 is 0 Å². The molecule has 0 aromatic heterocycles. The molecule has 0 amide bonds. The van der Waals surface area contributed by atoms with Crippen LogP contribution in [0.5, 0.6) is 0 Å². The lowest BCUT2D eigenvalue weighted by molar-refractivity contribution is 0.447. The zero-order valence-electron chi connectivity index (χ0n) is 7.43. The van der Waals surface area contributed by atoms with Crippen LogP contribution in [0.1, 0.15) is 6.92 Å². The highest BCUT2D eigenvalue weighted by atomic mass is 127. The maximum atomic E-state index is 6.14. The summed E-state index contributed by atoms with van der Waals surface area (Å²) in [7, 11) is 0. The van der Waals surface area contributed by atoms with Crippen LogP contribution in [0.15, 0.2) is 18.2 Å². The Morgan fingerprint density at radius 1 is 1.46 bits per heavy atom. The molecule has 1 heterocycles. The predicted octanol–water partition coefficient (Wildman–Crippen LogP) is 3.40. The monoisotopic (exact) mass is 307 g/mol. The second kappa shape index (κ2) is 3.65. The van der Waals surface area contributed by atoms with E-state index in [2.05, 4.69) is 46.5 Å². The van der Waals surface area contributed by atoms with Crippen LogP contribution in [-0.4, -0.2) is 13.1 Å². The lowest BCUT2D eigenvalue weighted by Gasteiger charge is -2.39. The minimum Gasteiger partial charge on any atom is -0.370 e. The SMILES string of the molecule is CC1CN(c2ccc(I)cc2Cl)C1. The van der Waals surface area contributed by atoms with Crippen molar-refractivity contribution in [1.82, 2.24) is 0 Å². The van der Waals surface area contributed by atoms with Crippen LogP contribution in [0.3, 0.4) is 0 Å². The molecule has 0 saturated carbocycles. The highest BCUT2D eigenvalue weighted by Crippen LogP contribution is 2.32. The van der Waals surface area contributed by atoms with Gasteiger partial charge < -0.3 is 4.90 Å². The maximum Gasteiger partial charge on any atom is 0.0650 e. The Morgan fingerprint density at radius 3 is 2.69 bits per heavy atom. The minimum atomic E-state index is 0.815. The van der Waals surface area contributed by atoms with Crippen molar-refractivity contribution in [2.45, 2.75) is 6.92 Å². The van der Waals surface area contributed by atoms with Gasteiger partial charge in [-0.2, -0.15) is 0 Å². The summed E-state index contributed by atoms with van der Waals surface area (Å²) in [6.07, 6.45) is 0. The van der Waals surface area contributed by atoms with E-state index >= 15 is 0 Å². The summed E-state index contributed by atoms with van der Waals surface area (Å²) >= 11 is 8.42. The molecule has 1 aliphatic heterocycles. The van der Waals surface area contributed by atoms with Gasteiger partial charge in [0.2, 0.25) is 0 Å². The minimum absolute atomic E-state index is 0.815. The van der Waals surface area contributed by atoms with Crippen LogP contribution in [-0.2, 0) is 0 Å². The molecule has 0 unspecified atom stereocenters. The lowest BCUT2D eigenvalue weighted by atomic mass is 10.0. The summed E-state index contributed by atoms with van der Waals surface area (Å²) < 4.78 is 1.19. The van der Waals surface area contributed by atoms with Gasteiger partial charge in [-0.05, 0) is 46.7 Å². The quantitative estimate of drug-likeness (QED) is 0.719. The topological polar surface area (TPSA) is 3.24 Å². The third-order valence-electron chi connectivity index (χ3n) is 2.31. The van der Waals surface area contributed by atoms with Gasteiger partial charge in [0, 0.05) is 16.7 Å². The standard InChI is InChI=1S/C10H11ClIN/c1-7-5-13(6-7)10-3-2-8(12)4-9(10)11/h2-4,7H,5-6H2,1H3. The first-order valence-corrected chi connectivity index (χ1v) is 5.82. The first-order chi connectivity index (χ1) is 6.16. The van der Waals surface area contributed by atoms with Gasteiger partial charge in [-0.15, -0.1) is 0 Å². The fraction of sp³-hybridized carbons (Fsp3) is 0.400. The Balaban J connectivity index is 2.21. The summed E-state index contributed by atoms with van der Waals surface area (Å²) in [6.45, 7) is 4.54. The van der Waals surface area contributed by atoms with E-state index in [0.717, 1.165) is 24.0 Å². The number of rotatable bonds is 1. The summed E-state index contributed by atoms with van der Waals surface area (Å²) in [5, 5.41) is 0.874. The smallest absolute Gasteiger partial charge is 0.0650 e. The van der Waals surface area contributed by atoms with Gasteiger partial charge in [0.15, 0.2) is 0 Å². The van der Waals surface area contributed by atoms with E-state index in [1.165, 1.54) is 9.26 Å². The Hall–Kier alpha value is 0.0400. The second-order valence-corrected chi connectivity index (χ2v) is 5.26. The average molecular weight is 308 g/mol. The zero-order chi connectivity index (χ0) is 9.42. The average Bonchev–Trinajstić information content (AvgIpc) is 2.00. The highest BCUT2D eigenvalue weighted by Gasteiger charge is 2.23. The van der Waals surface area contributed by atoms with Crippen molar-refractivity contribution in [2.75, 3.05) is 18.0 Å². The van der Waals surface area contributed by atoms with Gasteiger partial charge in [-0.1, -0.05) is 18.5 Å². The predicted molar refractivity (Wildman–Crippen MR) is 65.5 cm³/mol. The lowest BCUT2D eigenvalue weighted by Crippen LogP contribution is -2.45. The van der Waals surface area contributed by atoms with Crippen molar-refractivity contribution < 1.29 is 0 Å². The van der Waals surface area contributed by atoms with Crippen molar-refractivity contribution >= 4 is 39.9 Å². The van der Waals surface area contributed by atoms with Crippen molar-refractivity contribution in [1.29, 1.82) is 0 Å². The van der Waals surface area contributed by atoms with E-state index in [4.69, 9.17) is 11.6 Å². The fourth-order valence-electron chi connectivity index (χ4n) is 1.63. The molecule has 1 nitrogen and oxygen atoms in total. The molecule has 3 heteroatoms. The molecule has 0 spiro atoms. The first-order valence-electron chi connectivity index (χ1n) is 4.37. The summed E-state index contributed by atoms with van der Waals surface area (Å²) in [5.41, 5.74) is 1.18. The Bertz CT molecular complexity index is 321. The molecule has 1 aliphatic rings. The van der Waals surface area contributed by atoms with Crippen molar-refractivity contribution in [2.24, 2.45) is 5.92 Å². The first kappa shape index (κ1) is 9.59. The van der Waals surface area contributed by atoms with E-state index in [1.54, 1.807) is 0 Å². The van der Waals surface area contributed by atoms with Gasteiger partial charge in [-0.25, -0.2) is 0 Å². The van der Waals surface area contributed by atoms with E-state index in [0.29, 0.717) is 0 Å². The number of anilines is 1. The van der Waals surface area contributed by atoms with Crippen LogP contribution in [0, 0.1) is 9.49 Å². The highest BCUT2D eigenvalue weighted by molar-refractivity contribution is 14.1. The van der Waals surface area contributed by atoms with E-state index in [9.17, 15) is 0 Å². The molecular formula is C10H11ClIN. The number of nitrogens with zero attached hydrogens (tertiary/aromatic N) is 1. The summed E-state index contributed by atoms with van der Waals surface area (Å²) in [5.74, 6) is 0.815. The largest absolute Gasteiger partial charge is 0.370 e. The number of hydrogen-bond acceptors (Lipinski definition) is 1. The molecule has 0 N–H and O–H groups in total. The Labute approximate surface area is 97.2 Å². The van der Waals surface area contributed by atoms with Crippen LogP contribution in [0.25, 0.3) is 0 Å². The summed E-state index contributed by atoms with van der Waals surface area (Å²) in [6, 6.07) is 6.22. The molecule has 13 heavy (non-hydrogen) atoms. The van der Waals surface area contributed by atoms with Gasteiger partial charge in [0.25, 0.3) is 0 Å². The molecule has 0 bridgehead atoms. The van der Waals surface area contributed by atoms with Crippen LogP contribution in [0.2, 0.25) is 5.02 Å². The van der Waals surface area contributed by atoms with E-state index in [-0.39, 0.29) is 0 Å². The second-order valence-electron chi connectivity index (χ2n) is 3.61. The van der Waals surface area contributed by atoms with Crippen LogP contribution >= 0.6 is 34.2 Å². The molecule has 1 fully saturated rings. The molecule has 1 saturated heterocycles. The molecular weight excluding hydrogens is 296 g/mol. The number of hydrogen-bond donors (Lipinski definition) is 0. The van der Waals surface area contributed by atoms with Gasteiger partial charge >= 0.3 is 0 Å². The third kappa shape index (κ3) is 1.94. The van der Waals surface area contributed by atoms with Crippen LogP contribution < -0.4 is 4.90 Å². The molecule has 1 aromatic rings. The van der Waals surface area contributed by atoms with Crippen LogP contribution in [0.4, 0.5) is 5.69 Å².